The number of anilines is 1. The second kappa shape index (κ2) is 9.37. The maximum absolute atomic E-state index is 12.5. The van der Waals surface area contributed by atoms with E-state index < -0.39 is 10.0 Å². The van der Waals surface area contributed by atoms with Crippen LogP contribution in [-0.2, 0) is 30.7 Å². The van der Waals surface area contributed by atoms with Crippen molar-refractivity contribution in [1.29, 1.82) is 0 Å². The summed E-state index contributed by atoms with van der Waals surface area (Å²) in [6.07, 6.45) is 6.54. The summed E-state index contributed by atoms with van der Waals surface area (Å²) in [5.41, 5.74) is 4.32. The number of aromatic nitrogens is 4. The lowest BCUT2D eigenvalue weighted by atomic mass is 10.1. The molecule has 0 saturated heterocycles. The van der Waals surface area contributed by atoms with Crippen LogP contribution in [0.3, 0.4) is 0 Å². The molecule has 0 aliphatic heterocycles. The molecule has 32 heavy (non-hydrogen) atoms. The van der Waals surface area contributed by atoms with E-state index in [0.29, 0.717) is 13.1 Å². The number of benzene rings is 2. The molecule has 8 nitrogen and oxygen atoms in total. The van der Waals surface area contributed by atoms with Gasteiger partial charge < -0.3 is 14.0 Å². The van der Waals surface area contributed by atoms with Gasteiger partial charge in [-0.05, 0) is 23.3 Å². The van der Waals surface area contributed by atoms with Crippen molar-refractivity contribution in [2.75, 3.05) is 18.0 Å². The Morgan fingerprint density at radius 2 is 1.69 bits per heavy atom. The number of nitrogens with zero attached hydrogens (tertiary/aromatic N) is 5. The first-order valence-electron chi connectivity index (χ1n) is 10.3. The van der Waals surface area contributed by atoms with Crippen molar-refractivity contribution in [2.45, 2.75) is 11.6 Å². The zero-order chi connectivity index (χ0) is 22.6. The summed E-state index contributed by atoms with van der Waals surface area (Å²) in [5, 5.41) is 0.0189. The van der Waals surface area contributed by atoms with Gasteiger partial charge in [0.1, 0.15) is 0 Å². The molecule has 0 saturated carbocycles. The van der Waals surface area contributed by atoms with Gasteiger partial charge in [-0.25, -0.2) is 23.1 Å². The molecule has 0 fully saturated rings. The van der Waals surface area contributed by atoms with Crippen LogP contribution in [-0.4, -0.2) is 40.6 Å². The summed E-state index contributed by atoms with van der Waals surface area (Å²) in [6.45, 7) is 1.34. The quantitative estimate of drug-likeness (QED) is 0.424. The van der Waals surface area contributed by atoms with Crippen molar-refractivity contribution in [3.05, 3.63) is 85.3 Å². The molecule has 0 atom stereocenters. The molecule has 2 aromatic heterocycles. The van der Waals surface area contributed by atoms with E-state index in [2.05, 4.69) is 56.0 Å². The number of nitrogens with one attached hydrogen (secondary N) is 1. The number of sulfonamides is 1. The van der Waals surface area contributed by atoms with Crippen LogP contribution in [0.2, 0.25) is 0 Å². The number of rotatable bonds is 9. The van der Waals surface area contributed by atoms with Gasteiger partial charge in [0.25, 0.3) is 10.0 Å². The predicted octanol–water partition coefficient (Wildman–Crippen LogP) is 2.81. The van der Waals surface area contributed by atoms with Gasteiger partial charge in [0.05, 0.1) is 24.9 Å². The fourth-order valence-electron chi connectivity index (χ4n) is 3.44. The van der Waals surface area contributed by atoms with Gasteiger partial charge in [-0.2, -0.15) is 0 Å². The molecular weight excluding hydrogens is 424 g/mol. The molecule has 0 aliphatic rings. The fraction of sp³-hybridized carbons (Fsp3) is 0.217. The maximum atomic E-state index is 12.5. The molecule has 0 unspecified atom stereocenters. The minimum absolute atomic E-state index is 0.0189. The Kier molecular flexibility index (Phi) is 6.38. The first-order chi connectivity index (χ1) is 15.4. The van der Waals surface area contributed by atoms with E-state index in [-0.39, 0.29) is 11.6 Å². The summed E-state index contributed by atoms with van der Waals surface area (Å²) in [5.74, 6) is 0. The Balaban J connectivity index is 1.50. The third kappa shape index (κ3) is 5.06. The molecule has 2 heterocycles. The van der Waals surface area contributed by atoms with E-state index in [1.165, 1.54) is 12.5 Å². The average molecular weight is 451 g/mol. The van der Waals surface area contributed by atoms with Gasteiger partial charge >= 0.3 is 0 Å². The van der Waals surface area contributed by atoms with Crippen LogP contribution < -0.4 is 9.62 Å². The Hall–Kier alpha value is -3.43. The van der Waals surface area contributed by atoms with Crippen molar-refractivity contribution in [3.8, 4) is 11.1 Å². The lowest BCUT2D eigenvalue weighted by molar-refractivity contribution is 0.576. The third-order valence-corrected chi connectivity index (χ3v) is 6.58. The number of hydrogen-bond donors (Lipinski definition) is 1. The minimum atomic E-state index is -3.66. The van der Waals surface area contributed by atoms with E-state index in [0.717, 1.165) is 22.5 Å². The lowest BCUT2D eigenvalue weighted by Crippen LogP contribution is -2.35. The van der Waals surface area contributed by atoms with Gasteiger partial charge in [0, 0.05) is 45.3 Å². The Bertz CT molecular complexity index is 1260. The molecular formula is C23H26N6O2S. The van der Waals surface area contributed by atoms with E-state index in [1.54, 1.807) is 17.9 Å². The van der Waals surface area contributed by atoms with Crippen molar-refractivity contribution in [2.24, 2.45) is 14.1 Å². The van der Waals surface area contributed by atoms with Crippen LogP contribution in [0.15, 0.2) is 84.7 Å². The molecule has 0 aliphatic carbocycles. The topological polar surface area (TPSA) is 85.1 Å². The summed E-state index contributed by atoms with van der Waals surface area (Å²) >= 11 is 0. The molecule has 0 amide bonds. The zero-order valence-corrected chi connectivity index (χ0v) is 18.9. The number of aryl methyl sites for hydroxylation is 2. The first-order valence-corrected chi connectivity index (χ1v) is 11.7. The highest BCUT2D eigenvalue weighted by molar-refractivity contribution is 7.89. The fourth-order valence-corrected chi connectivity index (χ4v) is 4.44. The normalized spacial score (nSPS) is 11.6. The Morgan fingerprint density at radius 1 is 0.969 bits per heavy atom. The Morgan fingerprint density at radius 3 is 2.31 bits per heavy atom. The van der Waals surface area contributed by atoms with Gasteiger partial charge in [-0.15, -0.1) is 0 Å². The zero-order valence-electron chi connectivity index (χ0n) is 18.1. The van der Waals surface area contributed by atoms with E-state index in [4.69, 9.17) is 0 Å². The summed E-state index contributed by atoms with van der Waals surface area (Å²) in [4.78, 5) is 10.3. The van der Waals surface area contributed by atoms with E-state index in [9.17, 15) is 8.42 Å². The largest absolute Gasteiger partial charge is 0.364 e. The molecule has 1 N–H and O–H groups in total. The summed E-state index contributed by atoms with van der Waals surface area (Å²) < 4.78 is 31.3. The van der Waals surface area contributed by atoms with E-state index in [1.807, 2.05) is 36.0 Å². The molecule has 4 aromatic rings. The standard InChI is InChI=1S/C23H26N6O2S/c1-27-16-23(25-18-27)32(30,31)26-12-13-29(15-22-14-24-17-28(22)2)21-10-8-20(9-11-21)19-6-4-3-5-7-19/h3-11,14,16-18,26H,12-13,15H2,1-2H3. The first kappa shape index (κ1) is 21.8. The molecule has 9 heteroatoms. The maximum Gasteiger partial charge on any atom is 0.259 e. The van der Waals surface area contributed by atoms with Crippen LogP contribution in [0, 0.1) is 0 Å². The van der Waals surface area contributed by atoms with Gasteiger partial charge in [0.2, 0.25) is 0 Å². The SMILES string of the molecule is Cn1cnc(S(=O)(=O)NCCN(Cc2cncn2C)c2ccc(-c3ccccc3)cc2)c1. The second-order valence-corrected chi connectivity index (χ2v) is 9.32. The van der Waals surface area contributed by atoms with Crippen LogP contribution in [0.4, 0.5) is 5.69 Å². The molecule has 166 valence electrons. The van der Waals surface area contributed by atoms with Crippen molar-refractivity contribution < 1.29 is 8.42 Å². The molecule has 2 aromatic carbocycles. The Labute approximate surface area is 188 Å². The van der Waals surface area contributed by atoms with E-state index >= 15 is 0 Å². The van der Waals surface area contributed by atoms with Crippen molar-refractivity contribution in [1.82, 2.24) is 23.8 Å². The highest BCUT2D eigenvalue weighted by Gasteiger charge is 2.18. The average Bonchev–Trinajstić information content (AvgIpc) is 3.42. The minimum Gasteiger partial charge on any atom is -0.364 e. The van der Waals surface area contributed by atoms with Crippen LogP contribution in [0.5, 0.6) is 0 Å². The third-order valence-electron chi connectivity index (χ3n) is 5.24. The summed E-state index contributed by atoms with van der Waals surface area (Å²) in [7, 11) is 0.0277. The summed E-state index contributed by atoms with van der Waals surface area (Å²) in [6, 6.07) is 18.5. The molecule has 0 spiro atoms. The lowest BCUT2D eigenvalue weighted by Gasteiger charge is -2.25. The predicted molar refractivity (Wildman–Crippen MR) is 125 cm³/mol. The van der Waals surface area contributed by atoms with Crippen molar-refractivity contribution in [3.63, 3.8) is 0 Å². The molecule has 0 bridgehead atoms. The van der Waals surface area contributed by atoms with Gasteiger partial charge in [-0.1, -0.05) is 42.5 Å². The second-order valence-electron chi connectivity index (χ2n) is 7.61. The smallest absolute Gasteiger partial charge is 0.259 e. The highest BCUT2D eigenvalue weighted by atomic mass is 32.2. The monoisotopic (exact) mass is 450 g/mol. The van der Waals surface area contributed by atoms with Crippen molar-refractivity contribution >= 4 is 15.7 Å². The molecule has 4 rings (SSSR count). The van der Waals surface area contributed by atoms with Crippen LogP contribution >= 0.6 is 0 Å². The van der Waals surface area contributed by atoms with Crippen LogP contribution in [0.25, 0.3) is 11.1 Å². The number of imidazole rings is 2. The van der Waals surface area contributed by atoms with Gasteiger partial charge in [0.15, 0.2) is 5.03 Å². The highest BCUT2D eigenvalue weighted by Crippen LogP contribution is 2.24. The number of hydrogen-bond acceptors (Lipinski definition) is 5. The van der Waals surface area contributed by atoms with Gasteiger partial charge in [-0.3, -0.25) is 0 Å². The van der Waals surface area contributed by atoms with Crippen LogP contribution in [0.1, 0.15) is 5.69 Å². The molecule has 0 radical (unpaired) electrons.